The van der Waals surface area contributed by atoms with Gasteiger partial charge in [0.05, 0.1) is 67.4 Å². The summed E-state index contributed by atoms with van der Waals surface area (Å²) in [6.45, 7) is 6.47. The van der Waals surface area contributed by atoms with Crippen molar-refractivity contribution in [2.45, 2.75) is 194 Å². The summed E-state index contributed by atoms with van der Waals surface area (Å²) in [4.78, 5) is 57.3. The van der Waals surface area contributed by atoms with Gasteiger partial charge in [-0.15, -0.1) is 0 Å². The Balaban J connectivity index is 0.974. The second kappa shape index (κ2) is 35.8. The van der Waals surface area contributed by atoms with Crippen LogP contribution >= 0.6 is 0 Å². The first kappa shape index (κ1) is 75.2. The summed E-state index contributed by atoms with van der Waals surface area (Å²) >= 11 is 0. The van der Waals surface area contributed by atoms with E-state index in [1.54, 1.807) is 86.8 Å². The molecule has 99 heavy (non-hydrogen) atoms. The third-order valence-electron chi connectivity index (χ3n) is 19.0. The number of rotatable bonds is 9. The maximum atomic E-state index is 14.1. The Kier molecular flexibility index (Phi) is 27.2. The molecule has 9 rings (SSSR count). The van der Waals surface area contributed by atoms with Crippen molar-refractivity contribution < 1.29 is 98.3 Å². The number of amides is 1. The Bertz CT molecular complexity index is 3530. The molecule has 3 aliphatic heterocycles. The first-order valence-corrected chi connectivity index (χ1v) is 33.8. The monoisotopic (exact) mass is 1360 g/mol. The summed E-state index contributed by atoms with van der Waals surface area (Å²) in [5.41, 5.74) is 7.71. The smallest absolute Gasteiger partial charge is 0.462 e. The van der Waals surface area contributed by atoms with Gasteiger partial charge in [0.15, 0.2) is 12.1 Å². The second-order valence-corrected chi connectivity index (χ2v) is 26.2. The van der Waals surface area contributed by atoms with Crippen LogP contribution in [0.15, 0.2) is 187 Å². The zero-order valence-electron chi connectivity index (χ0n) is 55.9. The molecular formula is C77H92N2O20. The number of hydrogen-bond acceptors (Lipinski definition) is 21. The molecule has 22 nitrogen and oxygen atoms in total. The number of alkyl carbamates (subject to hydrolysis) is 1. The van der Waals surface area contributed by atoms with Crippen molar-refractivity contribution in [3.63, 3.8) is 0 Å². The van der Waals surface area contributed by atoms with Crippen molar-refractivity contribution in [3.05, 3.63) is 204 Å². The fourth-order valence-electron chi connectivity index (χ4n) is 13.6. The average molecular weight is 1370 g/mol. The van der Waals surface area contributed by atoms with Gasteiger partial charge in [-0.1, -0.05) is 196 Å². The van der Waals surface area contributed by atoms with Gasteiger partial charge >= 0.3 is 18.2 Å². The molecule has 2 bridgehead atoms. The summed E-state index contributed by atoms with van der Waals surface area (Å²) in [6, 6.07) is 28.1. The first-order valence-electron chi connectivity index (χ1n) is 33.8. The average Bonchev–Trinajstić information content (AvgIpc) is 1.68. The second-order valence-electron chi connectivity index (χ2n) is 26.2. The Morgan fingerprint density at radius 2 is 1.10 bits per heavy atom. The molecule has 2 saturated heterocycles. The number of aliphatic imine (C=N–C) groups is 1. The highest BCUT2D eigenvalue weighted by molar-refractivity contribution is 5.80. The number of esters is 1. The molecule has 0 aromatic heterocycles. The number of cyclic esters (lactones) is 1. The zero-order valence-corrected chi connectivity index (χ0v) is 55.9. The predicted molar refractivity (Wildman–Crippen MR) is 366 cm³/mol. The van der Waals surface area contributed by atoms with Crippen molar-refractivity contribution >= 4 is 24.3 Å². The maximum Gasteiger partial charge on any atom is 0.508 e. The molecule has 4 aromatic carbocycles. The number of fused-ring (bicyclic) bond motifs is 8. The molecule has 2 fully saturated rings. The van der Waals surface area contributed by atoms with Gasteiger partial charge in [-0.25, -0.2) is 14.4 Å². The number of carbonyl (C=O) groups is 3. The zero-order chi connectivity index (χ0) is 70.8. The van der Waals surface area contributed by atoms with Crippen LogP contribution in [0.25, 0.3) is 22.3 Å². The minimum atomic E-state index is -2.47. The van der Waals surface area contributed by atoms with Crippen LogP contribution < -0.4 is 5.32 Å². The van der Waals surface area contributed by atoms with Gasteiger partial charge in [-0.2, -0.15) is 4.99 Å². The Morgan fingerprint density at radius 1 is 0.586 bits per heavy atom. The van der Waals surface area contributed by atoms with E-state index in [1.807, 2.05) is 116 Å². The van der Waals surface area contributed by atoms with Crippen LogP contribution in [-0.4, -0.2) is 187 Å². The molecule has 3 heterocycles. The third kappa shape index (κ3) is 20.1. The highest BCUT2D eigenvalue weighted by Gasteiger charge is 2.52. The molecule has 0 saturated carbocycles. The molecular weight excluding hydrogens is 1270 g/mol. The Morgan fingerprint density at radius 3 is 1.65 bits per heavy atom. The van der Waals surface area contributed by atoms with E-state index >= 15 is 0 Å². The number of nitrogens with zero attached hydrogens (tertiary/aromatic N) is 1. The van der Waals surface area contributed by atoms with Crippen LogP contribution in [0.1, 0.15) is 113 Å². The lowest BCUT2D eigenvalue weighted by Crippen LogP contribution is -2.64. The Labute approximate surface area is 576 Å². The van der Waals surface area contributed by atoms with Gasteiger partial charge in [0.25, 0.3) is 0 Å². The third-order valence-corrected chi connectivity index (χ3v) is 19.0. The molecule has 0 radical (unpaired) electrons. The number of nitrogens with one attached hydrogen (secondary N) is 1. The highest BCUT2D eigenvalue weighted by atomic mass is 16.7. The quantitative estimate of drug-likeness (QED) is 0.0326. The van der Waals surface area contributed by atoms with Crippen LogP contribution in [-0.2, 0) is 42.7 Å². The van der Waals surface area contributed by atoms with Crippen LogP contribution in [0.3, 0.4) is 0 Å². The molecule has 19 unspecified atom stereocenters. The van der Waals surface area contributed by atoms with E-state index in [9.17, 15) is 65.1 Å². The standard InChI is InChI=1S/C77H92N2O20/c1-46-25-15-13-11-9-7-5-6-8-10-12-14-16-26-53(97-74-73(89)70(72(88)49(4)96-74)79-75(90)93-43-62-58-31-21-17-27-54(58)55-28-18-22-32-59(55)62)40-66-69(78-45-80)67(98-76(91)94-44-63-60-33-23-19-29-56(60)57-30-20-24-34-61(57)63)42-77(92,99-66)41-52(83)38-65(85)64(84)36-35-50(81)37-51(82)39-68(86)95-48(3)47(2)71(46)87/h5-34,46-53,62-67,69-74,81-85,87-89,92H,35-44H2,1-4H3,(H,79,90)/b6-5+,9-7+,10-8+,13-11+,14-12+,25-15+,26-16+. The summed E-state index contributed by atoms with van der Waals surface area (Å²) in [5, 5.41) is 106. The van der Waals surface area contributed by atoms with Crippen LogP contribution in [0.4, 0.5) is 9.59 Å². The van der Waals surface area contributed by atoms with E-state index in [4.69, 9.17) is 33.2 Å². The van der Waals surface area contributed by atoms with E-state index in [2.05, 4.69) is 10.3 Å². The number of aliphatic hydroxyl groups is 9. The summed E-state index contributed by atoms with van der Waals surface area (Å²) < 4.78 is 42.3. The molecule has 4 aromatic rings. The highest BCUT2D eigenvalue weighted by Crippen LogP contribution is 2.46. The van der Waals surface area contributed by atoms with Gasteiger partial charge < -0.3 is 84.4 Å². The van der Waals surface area contributed by atoms with Gasteiger partial charge in [-0.05, 0) is 77.6 Å². The minimum absolute atomic E-state index is 0.0702. The fourth-order valence-corrected chi connectivity index (χ4v) is 13.6. The molecule has 2 aliphatic carbocycles. The first-order chi connectivity index (χ1) is 47.6. The van der Waals surface area contributed by atoms with Crippen LogP contribution in [0.5, 0.6) is 0 Å². The van der Waals surface area contributed by atoms with Crippen molar-refractivity contribution in [2.75, 3.05) is 13.2 Å². The number of benzene rings is 4. The lowest BCUT2D eigenvalue weighted by atomic mass is 9.87. The van der Waals surface area contributed by atoms with E-state index in [-0.39, 0.29) is 50.7 Å². The number of isocyanates is 1. The number of hydrogen-bond donors (Lipinski definition) is 10. The molecule has 1 amide bonds. The number of ether oxygens (including phenoxy) is 7. The van der Waals surface area contributed by atoms with E-state index < -0.39 is 159 Å². The molecule has 5 aliphatic rings. The van der Waals surface area contributed by atoms with Crippen molar-refractivity contribution in [1.29, 1.82) is 0 Å². The lowest BCUT2D eigenvalue weighted by Gasteiger charge is -2.46. The predicted octanol–water partition coefficient (Wildman–Crippen LogP) is 8.27. The minimum Gasteiger partial charge on any atom is -0.462 e. The van der Waals surface area contributed by atoms with Crippen LogP contribution in [0.2, 0.25) is 0 Å². The summed E-state index contributed by atoms with van der Waals surface area (Å²) in [7, 11) is 0. The number of aliphatic hydroxyl groups excluding tert-OH is 8. The van der Waals surface area contributed by atoms with Crippen LogP contribution in [0, 0.1) is 11.8 Å². The molecule has 0 spiro atoms. The largest absolute Gasteiger partial charge is 0.508 e. The van der Waals surface area contributed by atoms with E-state index in [0.717, 1.165) is 44.5 Å². The fraction of sp³-hybridized carbons (Fsp3) is 0.455. The maximum absolute atomic E-state index is 14.1. The van der Waals surface area contributed by atoms with Gasteiger partial charge in [0.2, 0.25) is 6.08 Å². The lowest BCUT2D eigenvalue weighted by molar-refractivity contribution is -0.302. The van der Waals surface area contributed by atoms with Crippen molar-refractivity contribution in [3.8, 4) is 22.3 Å². The SMILES string of the molecule is CC1/C=C/C=C/C=C/C=C/C=C/C=C/C=C/C(OC2OC(C)C(O)C(NC(=O)OCC3c4ccccc4-c4ccccc43)C2O)CC2OC(O)(CC(O)CC(O)C(O)CCC(O)CC(O)CC(=O)OC(C)C(C)C1O)CC(OC(=O)OCC1c3ccccc3-c3ccccc31)C2N=C=O. The van der Waals surface area contributed by atoms with E-state index in [1.165, 1.54) is 13.0 Å². The molecule has 10 N–H and O–H groups in total. The summed E-state index contributed by atoms with van der Waals surface area (Å²) in [6.07, 6.45) is 1.03. The van der Waals surface area contributed by atoms with Gasteiger partial charge in [0, 0.05) is 49.4 Å². The number of allylic oxidation sites excluding steroid dienone is 12. The molecule has 22 heteroatoms. The van der Waals surface area contributed by atoms with Crippen molar-refractivity contribution in [2.24, 2.45) is 16.8 Å². The van der Waals surface area contributed by atoms with Crippen molar-refractivity contribution in [1.82, 2.24) is 5.32 Å². The topological polar surface area (TPSA) is 339 Å². The summed E-state index contributed by atoms with van der Waals surface area (Å²) in [5.74, 6) is -4.72. The van der Waals surface area contributed by atoms with Gasteiger partial charge in [0.1, 0.15) is 43.7 Å². The molecule has 19 atom stereocenters. The number of carbonyl (C=O) groups excluding carboxylic acids is 4. The Hall–Kier alpha value is -8.03. The molecule has 530 valence electrons. The normalized spacial score (nSPS) is 34.5. The van der Waals surface area contributed by atoms with Gasteiger partial charge in [-0.3, -0.25) is 4.79 Å². The van der Waals surface area contributed by atoms with E-state index in [0.29, 0.717) is 0 Å².